The molecule has 0 aliphatic carbocycles. The fourth-order valence-electron chi connectivity index (χ4n) is 3.80. The number of imidazole rings is 1. The third-order valence-corrected chi connectivity index (χ3v) is 5.16. The molecule has 0 spiro atoms. The summed E-state index contributed by atoms with van der Waals surface area (Å²) in [6.45, 7) is 0.348. The van der Waals surface area contributed by atoms with Gasteiger partial charge in [0.25, 0.3) is 0 Å². The van der Waals surface area contributed by atoms with Crippen molar-refractivity contribution in [2.75, 3.05) is 5.32 Å². The molecule has 0 amide bonds. The maximum atomic E-state index is 5.56. The Kier molecular flexibility index (Phi) is 5.12. The van der Waals surface area contributed by atoms with Crippen molar-refractivity contribution in [2.45, 2.75) is 6.61 Å². The number of rotatable bonds is 7. The van der Waals surface area contributed by atoms with Crippen molar-refractivity contribution < 1.29 is 4.84 Å². The van der Waals surface area contributed by atoms with E-state index in [0.29, 0.717) is 6.61 Å². The number of nitrogens with one attached hydrogen (secondary N) is 2. The second-order valence-electron chi connectivity index (χ2n) is 7.26. The molecule has 5 rings (SSSR count). The largest absolute Gasteiger partial charge is 0.360 e. The highest BCUT2D eigenvalue weighted by atomic mass is 16.6. The number of hydrogen-bond donors (Lipinski definition) is 2. The van der Waals surface area contributed by atoms with E-state index in [4.69, 9.17) is 9.82 Å². The summed E-state index contributed by atoms with van der Waals surface area (Å²) < 4.78 is 4.23. The summed E-state index contributed by atoms with van der Waals surface area (Å²) in [4.78, 5) is 10.4. The zero-order chi connectivity index (χ0) is 21.0. The third kappa shape index (κ3) is 3.76. The summed E-state index contributed by atoms with van der Waals surface area (Å²) in [5.74, 6) is 0.859. The van der Waals surface area contributed by atoms with Gasteiger partial charge < -0.3 is 9.88 Å². The third-order valence-electron chi connectivity index (χ3n) is 5.16. The topological polar surface area (TPSA) is 56.0 Å². The normalized spacial score (nSPS) is 11.5. The van der Waals surface area contributed by atoms with Crippen LogP contribution >= 0.6 is 0 Å². The summed E-state index contributed by atoms with van der Waals surface area (Å²) in [5.41, 5.74) is 6.96. The van der Waals surface area contributed by atoms with Gasteiger partial charge in [-0.1, -0.05) is 54.6 Å². The van der Waals surface area contributed by atoms with Crippen LogP contribution in [0.5, 0.6) is 0 Å². The number of nitrogens with zero attached hydrogens (tertiary/aromatic N) is 3. The van der Waals surface area contributed by atoms with Crippen molar-refractivity contribution in [1.82, 2.24) is 19.6 Å². The lowest BCUT2D eigenvalue weighted by Gasteiger charge is -2.06. The Morgan fingerprint density at radius 2 is 1.48 bits per heavy atom. The first-order valence-electron chi connectivity index (χ1n) is 10.2. The van der Waals surface area contributed by atoms with Gasteiger partial charge in [-0.2, -0.15) is 0 Å². The molecule has 0 aliphatic heterocycles. The van der Waals surface area contributed by atoms with Crippen LogP contribution in [0, 0.1) is 0 Å². The van der Waals surface area contributed by atoms with E-state index >= 15 is 0 Å². The van der Waals surface area contributed by atoms with E-state index < -0.39 is 0 Å². The predicted octanol–water partition coefficient (Wildman–Crippen LogP) is 5.12. The zero-order valence-corrected chi connectivity index (χ0v) is 17.2. The SMILES string of the molecule is Cn1cc(CON/C=C\Nc2ccccc2)nc1-n1c2ccccc2c2ccccc21. The molecule has 0 unspecified atom stereocenters. The molecule has 31 heavy (non-hydrogen) atoms. The predicted molar refractivity (Wildman–Crippen MR) is 125 cm³/mol. The lowest BCUT2D eigenvalue weighted by Crippen LogP contribution is -2.07. The van der Waals surface area contributed by atoms with Crippen molar-refractivity contribution in [3.8, 4) is 5.95 Å². The highest BCUT2D eigenvalue weighted by Crippen LogP contribution is 2.31. The van der Waals surface area contributed by atoms with Gasteiger partial charge in [0, 0.05) is 42.1 Å². The first kappa shape index (κ1) is 19.0. The number of hydrogen-bond acceptors (Lipinski definition) is 4. The van der Waals surface area contributed by atoms with Crippen LogP contribution < -0.4 is 10.8 Å². The lowest BCUT2D eigenvalue weighted by atomic mass is 10.2. The van der Waals surface area contributed by atoms with Crippen LogP contribution in [0.2, 0.25) is 0 Å². The first-order valence-corrected chi connectivity index (χ1v) is 10.2. The summed E-state index contributed by atoms with van der Waals surface area (Å²) in [6.07, 6.45) is 5.49. The molecule has 0 saturated heterocycles. The molecule has 0 aliphatic rings. The molecule has 0 atom stereocenters. The molecule has 5 aromatic rings. The van der Waals surface area contributed by atoms with Crippen molar-refractivity contribution in [2.24, 2.45) is 7.05 Å². The minimum Gasteiger partial charge on any atom is -0.360 e. The molecule has 6 nitrogen and oxygen atoms in total. The second-order valence-corrected chi connectivity index (χ2v) is 7.26. The Balaban J connectivity index is 1.32. The average Bonchev–Trinajstić information content (AvgIpc) is 3.34. The number of para-hydroxylation sites is 3. The van der Waals surface area contributed by atoms with Gasteiger partial charge >= 0.3 is 0 Å². The van der Waals surface area contributed by atoms with Gasteiger partial charge in [-0.05, 0) is 24.3 Å². The Labute approximate surface area is 180 Å². The van der Waals surface area contributed by atoms with E-state index in [1.54, 1.807) is 12.4 Å². The van der Waals surface area contributed by atoms with Crippen molar-refractivity contribution in [1.29, 1.82) is 0 Å². The minimum absolute atomic E-state index is 0.348. The van der Waals surface area contributed by atoms with Gasteiger partial charge in [0.05, 0.1) is 16.7 Å². The van der Waals surface area contributed by atoms with Crippen LogP contribution in [0.1, 0.15) is 5.69 Å². The van der Waals surface area contributed by atoms with E-state index in [9.17, 15) is 0 Å². The molecule has 2 heterocycles. The lowest BCUT2D eigenvalue weighted by molar-refractivity contribution is 0.0555. The van der Waals surface area contributed by atoms with Crippen LogP contribution in [-0.2, 0) is 18.5 Å². The van der Waals surface area contributed by atoms with Gasteiger partial charge in [-0.25, -0.2) is 4.98 Å². The number of aromatic nitrogens is 3. The van der Waals surface area contributed by atoms with E-state index in [2.05, 4.69) is 63.9 Å². The van der Waals surface area contributed by atoms with Crippen LogP contribution in [0.25, 0.3) is 27.8 Å². The molecule has 0 saturated carbocycles. The Morgan fingerprint density at radius 1 is 0.839 bits per heavy atom. The van der Waals surface area contributed by atoms with Crippen LogP contribution in [0.4, 0.5) is 5.69 Å². The Morgan fingerprint density at radius 3 is 2.19 bits per heavy atom. The van der Waals surface area contributed by atoms with Gasteiger partial charge in [0.1, 0.15) is 6.61 Å². The highest BCUT2D eigenvalue weighted by Gasteiger charge is 2.15. The number of benzene rings is 3. The second kappa shape index (κ2) is 8.38. The number of fused-ring (bicyclic) bond motifs is 3. The van der Waals surface area contributed by atoms with Gasteiger partial charge in [-0.3, -0.25) is 14.9 Å². The average molecular weight is 409 g/mol. The smallest absolute Gasteiger partial charge is 0.214 e. The number of aryl methyl sites for hydroxylation is 1. The summed E-state index contributed by atoms with van der Waals surface area (Å²) in [7, 11) is 2.01. The monoisotopic (exact) mass is 409 g/mol. The number of hydroxylamine groups is 1. The van der Waals surface area contributed by atoms with Gasteiger partial charge in [0.15, 0.2) is 0 Å². The Hall–Kier alpha value is -4.03. The van der Waals surface area contributed by atoms with Crippen LogP contribution in [-0.4, -0.2) is 14.1 Å². The maximum absolute atomic E-state index is 5.56. The molecule has 3 aromatic carbocycles. The van der Waals surface area contributed by atoms with E-state index in [1.165, 1.54) is 10.8 Å². The summed E-state index contributed by atoms with van der Waals surface area (Å²) in [6, 6.07) is 26.8. The molecule has 154 valence electrons. The fraction of sp³-hybridized carbons (Fsp3) is 0.0800. The summed E-state index contributed by atoms with van der Waals surface area (Å²) >= 11 is 0. The minimum atomic E-state index is 0.348. The van der Waals surface area contributed by atoms with Crippen molar-refractivity contribution in [3.05, 3.63) is 103 Å². The van der Waals surface area contributed by atoms with Crippen molar-refractivity contribution in [3.63, 3.8) is 0 Å². The molecule has 0 bridgehead atoms. The van der Waals surface area contributed by atoms with Gasteiger partial charge in [-0.15, -0.1) is 0 Å². The van der Waals surface area contributed by atoms with E-state index in [0.717, 1.165) is 28.4 Å². The maximum Gasteiger partial charge on any atom is 0.214 e. The standard InChI is InChI=1S/C25H23N5O/c1-29-17-20(18-31-27-16-15-26-19-9-3-2-4-10-19)28-25(29)30-23-13-7-5-11-21(23)22-12-6-8-14-24(22)30/h2-17,26-27H,18H2,1H3/b16-15-. The van der Waals surface area contributed by atoms with E-state index in [1.807, 2.05) is 48.1 Å². The summed E-state index contributed by atoms with van der Waals surface area (Å²) in [5, 5.41) is 5.60. The van der Waals surface area contributed by atoms with Crippen LogP contribution in [0.15, 0.2) is 97.5 Å². The molecule has 2 aromatic heterocycles. The molecule has 0 radical (unpaired) electrons. The highest BCUT2D eigenvalue weighted by molar-refractivity contribution is 6.08. The number of anilines is 1. The molecule has 2 N–H and O–H groups in total. The zero-order valence-electron chi connectivity index (χ0n) is 17.2. The molecular formula is C25H23N5O. The van der Waals surface area contributed by atoms with Gasteiger partial charge in [0.2, 0.25) is 5.95 Å². The first-order chi connectivity index (χ1) is 15.3. The molecule has 6 heteroatoms. The fourth-order valence-corrected chi connectivity index (χ4v) is 3.80. The molecule has 0 fully saturated rings. The molecular weight excluding hydrogens is 386 g/mol. The van der Waals surface area contributed by atoms with E-state index in [-0.39, 0.29) is 0 Å². The van der Waals surface area contributed by atoms with Crippen molar-refractivity contribution >= 4 is 27.5 Å². The van der Waals surface area contributed by atoms with Crippen LogP contribution in [0.3, 0.4) is 0 Å². The Bertz CT molecular complexity index is 1300. The quantitative estimate of drug-likeness (QED) is 0.289.